The van der Waals surface area contributed by atoms with Crippen molar-refractivity contribution in [2.75, 3.05) is 32.8 Å². The highest BCUT2D eigenvalue weighted by molar-refractivity contribution is 6.30. The van der Waals surface area contributed by atoms with Crippen LogP contribution in [0.2, 0.25) is 10.0 Å². The van der Waals surface area contributed by atoms with Gasteiger partial charge >= 0.3 is 6.03 Å². The van der Waals surface area contributed by atoms with E-state index < -0.39 is 6.04 Å². The van der Waals surface area contributed by atoms with Gasteiger partial charge in [0.1, 0.15) is 23.4 Å². The largest absolute Gasteiger partial charge is 0.494 e. The summed E-state index contributed by atoms with van der Waals surface area (Å²) in [5.74, 6) is 1.92. The van der Waals surface area contributed by atoms with Crippen LogP contribution in [0.5, 0.6) is 11.5 Å². The minimum Gasteiger partial charge on any atom is -0.494 e. The van der Waals surface area contributed by atoms with Gasteiger partial charge in [-0.15, -0.1) is 0 Å². The fourth-order valence-electron chi connectivity index (χ4n) is 6.83. The molecule has 7 nitrogen and oxygen atoms in total. The molecular weight excluding hydrogens is 607 g/mol. The number of likely N-dealkylation sites (tertiary alicyclic amines) is 2. The van der Waals surface area contributed by atoms with Crippen molar-refractivity contribution in [3.8, 4) is 11.5 Å². The molecule has 2 saturated heterocycles. The molecular formula is C36H42Cl2N4O3. The number of ether oxygens (including phenoxy) is 2. The van der Waals surface area contributed by atoms with Gasteiger partial charge in [0, 0.05) is 35.2 Å². The number of carbonyl (C=O) groups excluding carboxylic acids is 1. The van der Waals surface area contributed by atoms with Gasteiger partial charge in [-0.2, -0.15) is 0 Å². The van der Waals surface area contributed by atoms with E-state index in [4.69, 9.17) is 37.7 Å². The lowest BCUT2D eigenvalue weighted by Gasteiger charge is -2.40. The Morgan fingerprint density at radius 1 is 0.889 bits per heavy atom. The number of rotatable bonds is 8. The van der Waals surface area contributed by atoms with E-state index in [9.17, 15) is 4.79 Å². The Hall–Kier alpha value is -3.26. The number of hydrogen-bond acceptors (Lipinski definition) is 5. The summed E-state index contributed by atoms with van der Waals surface area (Å²) in [6.07, 6.45) is 4.40. The molecule has 0 bridgehead atoms. The van der Waals surface area contributed by atoms with E-state index in [1.165, 1.54) is 25.9 Å². The number of carbonyl (C=O) groups is 1. The lowest BCUT2D eigenvalue weighted by Crippen LogP contribution is -2.52. The lowest BCUT2D eigenvalue weighted by molar-refractivity contribution is 0.117. The fraction of sp³-hybridized carbons (Fsp3) is 0.444. The predicted octanol–water partition coefficient (Wildman–Crippen LogP) is 8.40. The lowest BCUT2D eigenvalue weighted by atomic mass is 9.93. The van der Waals surface area contributed by atoms with Crippen molar-refractivity contribution in [3.63, 3.8) is 0 Å². The van der Waals surface area contributed by atoms with Crippen LogP contribution in [0.3, 0.4) is 0 Å². The Morgan fingerprint density at radius 3 is 2.11 bits per heavy atom. The summed E-state index contributed by atoms with van der Waals surface area (Å²) in [6.45, 7) is 10.2. The highest BCUT2D eigenvalue weighted by Crippen LogP contribution is 2.46. The highest BCUT2D eigenvalue weighted by Gasteiger charge is 2.45. The molecule has 2 atom stereocenters. The first-order valence-corrected chi connectivity index (χ1v) is 16.9. The second-order valence-corrected chi connectivity index (χ2v) is 13.2. The Morgan fingerprint density at radius 2 is 1.51 bits per heavy atom. The maximum Gasteiger partial charge on any atom is 0.326 e. The number of aliphatic imine (C=N–C) groups is 1. The average Bonchev–Trinajstić information content (AvgIpc) is 3.71. The SMILES string of the molecule is CCOc1ccc(C2=NC(c3ccc(Cl)cc3)C(c3ccc(Cl)cc3)N2C(=O)N2CCC(N3CCCC3)CC2)c(OC(C)C)c1. The van der Waals surface area contributed by atoms with E-state index in [1.807, 2.05) is 97.3 Å². The summed E-state index contributed by atoms with van der Waals surface area (Å²) in [6, 6.07) is 21.0. The van der Waals surface area contributed by atoms with Gasteiger partial charge in [0.05, 0.1) is 24.3 Å². The Labute approximate surface area is 276 Å². The Balaban J connectivity index is 1.44. The molecule has 3 aliphatic heterocycles. The first-order chi connectivity index (χ1) is 21.8. The average molecular weight is 650 g/mol. The van der Waals surface area contributed by atoms with Crippen LogP contribution < -0.4 is 9.47 Å². The van der Waals surface area contributed by atoms with Crippen molar-refractivity contribution in [2.45, 2.75) is 70.7 Å². The molecule has 3 heterocycles. The normalized spacial score (nSPS) is 21.0. The van der Waals surface area contributed by atoms with Gasteiger partial charge < -0.3 is 19.3 Å². The summed E-state index contributed by atoms with van der Waals surface area (Å²) >= 11 is 12.7. The standard InChI is InChI=1S/C36H42Cl2N4O3/c1-4-44-30-15-16-31(32(23-30)45-24(2)3)35-39-33(25-7-11-27(37)12-8-25)34(26-9-13-28(38)14-10-26)42(35)36(43)41-21-17-29(18-22-41)40-19-5-6-20-40/h7-16,23-24,29,33-34H,4-6,17-22H2,1-3H3. The predicted molar refractivity (Wildman–Crippen MR) is 181 cm³/mol. The molecule has 0 radical (unpaired) electrons. The molecule has 3 aromatic carbocycles. The van der Waals surface area contributed by atoms with Crippen molar-refractivity contribution in [2.24, 2.45) is 4.99 Å². The van der Waals surface area contributed by atoms with E-state index in [1.54, 1.807) is 0 Å². The van der Waals surface area contributed by atoms with Crippen LogP contribution in [0.15, 0.2) is 71.7 Å². The summed E-state index contributed by atoms with van der Waals surface area (Å²) in [5.41, 5.74) is 2.68. The maximum atomic E-state index is 14.8. The molecule has 2 unspecified atom stereocenters. The molecule has 2 fully saturated rings. The van der Waals surface area contributed by atoms with E-state index in [0.717, 1.165) is 29.5 Å². The van der Waals surface area contributed by atoms with E-state index in [2.05, 4.69) is 4.90 Å². The number of urea groups is 1. The molecule has 3 aromatic rings. The second kappa shape index (κ2) is 14.0. The Bertz CT molecular complexity index is 1500. The zero-order valence-corrected chi connectivity index (χ0v) is 27.8. The zero-order valence-electron chi connectivity index (χ0n) is 26.3. The van der Waals surface area contributed by atoms with Gasteiger partial charge in [0.2, 0.25) is 0 Å². The van der Waals surface area contributed by atoms with Gasteiger partial charge in [0.25, 0.3) is 0 Å². The van der Waals surface area contributed by atoms with Gasteiger partial charge in [-0.05, 0) is 107 Å². The minimum atomic E-state index is -0.402. The number of hydrogen-bond donors (Lipinski definition) is 0. The van der Waals surface area contributed by atoms with Crippen LogP contribution in [0.25, 0.3) is 0 Å². The van der Waals surface area contributed by atoms with Crippen LogP contribution >= 0.6 is 23.2 Å². The number of amidine groups is 1. The molecule has 3 aliphatic rings. The number of benzene rings is 3. The van der Waals surface area contributed by atoms with Crippen molar-refractivity contribution < 1.29 is 14.3 Å². The molecule has 0 aromatic heterocycles. The van der Waals surface area contributed by atoms with E-state index in [0.29, 0.717) is 53.1 Å². The van der Waals surface area contributed by atoms with Crippen LogP contribution in [0.4, 0.5) is 4.79 Å². The quantitative estimate of drug-likeness (QED) is 0.246. The summed E-state index contributed by atoms with van der Waals surface area (Å²) in [4.78, 5) is 26.7. The van der Waals surface area contributed by atoms with Crippen molar-refractivity contribution >= 4 is 35.1 Å². The highest BCUT2D eigenvalue weighted by atomic mass is 35.5. The third kappa shape index (κ3) is 6.96. The fourth-order valence-corrected chi connectivity index (χ4v) is 7.08. The third-order valence-electron chi connectivity index (χ3n) is 8.96. The first-order valence-electron chi connectivity index (χ1n) is 16.2. The van der Waals surface area contributed by atoms with Crippen molar-refractivity contribution in [1.29, 1.82) is 0 Å². The first kappa shape index (κ1) is 31.7. The molecule has 9 heteroatoms. The number of halogens is 2. The maximum absolute atomic E-state index is 14.8. The topological polar surface area (TPSA) is 57.6 Å². The molecule has 0 spiro atoms. The zero-order chi connectivity index (χ0) is 31.5. The summed E-state index contributed by atoms with van der Waals surface area (Å²) < 4.78 is 12.2. The summed E-state index contributed by atoms with van der Waals surface area (Å²) in [5, 5.41) is 1.29. The molecule has 0 saturated carbocycles. The van der Waals surface area contributed by atoms with Crippen LogP contribution in [-0.4, -0.2) is 71.5 Å². The number of amides is 2. The van der Waals surface area contributed by atoms with Crippen molar-refractivity contribution in [3.05, 3.63) is 93.5 Å². The van der Waals surface area contributed by atoms with Gasteiger partial charge in [-0.1, -0.05) is 47.5 Å². The minimum absolute atomic E-state index is 0.0468. The van der Waals surface area contributed by atoms with Crippen molar-refractivity contribution in [1.82, 2.24) is 14.7 Å². The van der Waals surface area contributed by atoms with Crippen LogP contribution in [0, 0.1) is 0 Å². The van der Waals surface area contributed by atoms with Gasteiger partial charge in [-0.3, -0.25) is 9.89 Å². The molecule has 0 N–H and O–H groups in total. The molecule has 2 amide bonds. The van der Waals surface area contributed by atoms with Gasteiger partial charge in [0.15, 0.2) is 0 Å². The summed E-state index contributed by atoms with van der Waals surface area (Å²) in [7, 11) is 0. The smallest absolute Gasteiger partial charge is 0.326 e. The van der Waals surface area contributed by atoms with Crippen LogP contribution in [-0.2, 0) is 0 Å². The van der Waals surface area contributed by atoms with E-state index >= 15 is 0 Å². The third-order valence-corrected chi connectivity index (χ3v) is 9.46. The van der Waals surface area contributed by atoms with E-state index in [-0.39, 0.29) is 18.2 Å². The molecule has 0 aliphatic carbocycles. The second-order valence-electron chi connectivity index (χ2n) is 12.3. The monoisotopic (exact) mass is 648 g/mol. The molecule has 6 rings (SSSR count). The van der Waals surface area contributed by atoms with Gasteiger partial charge in [-0.25, -0.2) is 4.79 Å². The molecule has 45 heavy (non-hydrogen) atoms. The number of piperidine rings is 1. The number of nitrogens with zero attached hydrogens (tertiary/aromatic N) is 4. The molecule has 238 valence electrons. The Kier molecular flexibility index (Phi) is 9.88. The van der Waals surface area contributed by atoms with Crippen LogP contribution in [0.1, 0.15) is 75.2 Å².